The molecule has 15 heavy (non-hydrogen) atoms. The Morgan fingerprint density at radius 2 is 1.93 bits per heavy atom. The predicted octanol–water partition coefficient (Wildman–Crippen LogP) is 3.97. The second-order valence-electron chi connectivity index (χ2n) is 3.30. The summed E-state index contributed by atoms with van der Waals surface area (Å²) in [5.74, 6) is 0.992. The third-order valence-electron chi connectivity index (χ3n) is 2.22. The van der Waals surface area contributed by atoms with Gasteiger partial charge in [0.25, 0.3) is 0 Å². The van der Waals surface area contributed by atoms with Gasteiger partial charge in [0.05, 0.1) is 7.11 Å². The summed E-state index contributed by atoms with van der Waals surface area (Å²) in [7, 11) is 1.72. The second-order valence-corrected chi connectivity index (χ2v) is 4.09. The lowest BCUT2D eigenvalue weighted by molar-refractivity contribution is 0.409. The highest BCUT2D eigenvalue weighted by atomic mass is 79.9. The van der Waals surface area contributed by atoms with E-state index in [1.807, 2.05) is 12.1 Å². The SMILES string of the molecule is COc1ccccc1CC/C=C/CCBr. The van der Waals surface area contributed by atoms with Crippen LogP contribution < -0.4 is 4.74 Å². The molecule has 2 heteroatoms. The van der Waals surface area contributed by atoms with Crippen LogP contribution in [0.3, 0.4) is 0 Å². The third kappa shape index (κ3) is 4.52. The van der Waals surface area contributed by atoms with Crippen LogP contribution in [0, 0.1) is 0 Å². The normalized spacial score (nSPS) is 10.8. The van der Waals surface area contributed by atoms with Crippen LogP contribution in [0.5, 0.6) is 5.75 Å². The Balaban J connectivity index is 2.43. The van der Waals surface area contributed by atoms with Gasteiger partial charge in [-0.15, -0.1) is 0 Å². The lowest BCUT2D eigenvalue weighted by Crippen LogP contribution is -1.90. The van der Waals surface area contributed by atoms with Crippen molar-refractivity contribution in [1.82, 2.24) is 0 Å². The number of para-hydroxylation sites is 1. The topological polar surface area (TPSA) is 9.23 Å². The van der Waals surface area contributed by atoms with E-state index in [1.165, 1.54) is 5.56 Å². The quantitative estimate of drug-likeness (QED) is 0.561. The van der Waals surface area contributed by atoms with Crippen molar-refractivity contribution in [3.8, 4) is 5.75 Å². The fourth-order valence-corrected chi connectivity index (χ4v) is 1.71. The molecule has 0 aliphatic heterocycles. The van der Waals surface area contributed by atoms with Crippen molar-refractivity contribution >= 4 is 15.9 Å². The molecular formula is C13H17BrO. The average Bonchev–Trinajstić information content (AvgIpc) is 2.29. The van der Waals surface area contributed by atoms with Gasteiger partial charge in [-0.05, 0) is 30.9 Å². The molecule has 1 aromatic rings. The van der Waals surface area contributed by atoms with Gasteiger partial charge >= 0.3 is 0 Å². The van der Waals surface area contributed by atoms with Crippen molar-refractivity contribution in [3.63, 3.8) is 0 Å². The largest absolute Gasteiger partial charge is 0.496 e. The summed E-state index contributed by atoms with van der Waals surface area (Å²) in [6.45, 7) is 0. The molecule has 0 amide bonds. The van der Waals surface area contributed by atoms with Crippen LogP contribution in [0.2, 0.25) is 0 Å². The number of aryl methyl sites for hydroxylation is 1. The molecule has 0 saturated carbocycles. The number of rotatable bonds is 6. The second kappa shape index (κ2) is 7.52. The molecule has 0 bridgehead atoms. The Bertz CT molecular complexity index is 307. The van der Waals surface area contributed by atoms with E-state index in [0.717, 1.165) is 30.3 Å². The molecule has 0 aliphatic rings. The summed E-state index contributed by atoms with van der Waals surface area (Å²) >= 11 is 3.40. The van der Waals surface area contributed by atoms with E-state index < -0.39 is 0 Å². The number of halogens is 1. The molecule has 0 saturated heterocycles. The Kier molecular flexibility index (Phi) is 6.17. The van der Waals surface area contributed by atoms with E-state index in [2.05, 4.69) is 40.2 Å². The number of allylic oxidation sites excluding steroid dienone is 2. The number of hydrogen-bond donors (Lipinski definition) is 0. The zero-order valence-corrected chi connectivity index (χ0v) is 10.7. The first-order valence-corrected chi connectivity index (χ1v) is 6.33. The standard InChI is InChI=1S/C13H17BrO/c1-15-13-10-6-5-9-12(13)8-4-2-3-7-11-14/h2-3,5-6,9-10H,4,7-8,11H2,1H3/b3-2+. The van der Waals surface area contributed by atoms with Gasteiger partial charge in [0.15, 0.2) is 0 Å². The van der Waals surface area contributed by atoms with E-state index in [4.69, 9.17) is 4.74 Å². The van der Waals surface area contributed by atoms with Crippen LogP contribution in [0.1, 0.15) is 18.4 Å². The van der Waals surface area contributed by atoms with Gasteiger partial charge in [-0.1, -0.05) is 46.3 Å². The summed E-state index contributed by atoms with van der Waals surface area (Å²) in [6.07, 6.45) is 7.67. The maximum absolute atomic E-state index is 5.29. The number of benzene rings is 1. The van der Waals surface area contributed by atoms with Crippen LogP contribution in [0.4, 0.5) is 0 Å². The number of alkyl halides is 1. The van der Waals surface area contributed by atoms with Gasteiger partial charge in [-0.2, -0.15) is 0 Å². The summed E-state index contributed by atoms with van der Waals surface area (Å²) in [5, 5.41) is 1.04. The molecule has 0 heterocycles. The lowest BCUT2D eigenvalue weighted by Gasteiger charge is -2.05. The Hall–Kier alpha value is -0.760. The number of hydrogen-bond acceptors (Lipinski definition) is 1. The van der Waals surface area contributed by atoms with E-state index in [9.17, 15) is 0 Å². The fraction of sp³-hybridized carbons (Fsp3) is 0.385. The first kappa shape index (κ1) is 12.3. The number of ether oxygens (including phenoxy) is 1. The van der Waals surface area contributed by atoms with Gasteiger partial charge in [-0.3, -0.25) is 0 Å². The molecule has 1 aromatic carbocycles. The maximum Gasteiger partial charge on any atom is 0.122 e. The molecule has 0 spiro atoms. The Labute approximate surface area is 100 Å². The zero-order valence-electron chi connectivity index (χ0n) is 9.08. The van der Waals surface area contributed by atoms with E-state index in [1.54, 1.807) is 7.11 Å². The number of methoxy groups -OCH3 is 1. The molecule has 0 N–H and O–H groups in total. The van der Waals surface area contributed by atoms with E-state index >= 15 is 0 Å². The van der Waals surface area contributed by atoms with Gasteiger partial charge in [-0.25, -0.2) is 0 Å². The van der Waals surface area contributed by atoms with Crippen LogP contribution in [-0.4, -0.2) is 12.4 Å². The smallest absolute Gasteiger partial charge is 0.122 e. The molecule has 0 unspecified atom stereocenters. The highest BCUT2D eigenvalue weighted by Gasteiger charge is 1.98. The van der Waals surface area contributed by atoms with Gasteiger partial charge in [0.2, 0.25) is 0 Å². The monoisotopic (exact) mass is 268 g/mol. The molecule has 0 aromatic heterocycles. The molecule has 0 aliphatic carbocycles. The molecule has 0 radical (unpaired) electrons. The minimum Gasteiger partial charge on any atom is -0.496 e. The minimum atomic E-state index is 0.992. The predicted molar refractivity (Wildman–Crippen MR) is 68.9 cm³/mol. The molecule has 0 fully saturated rings. The Morgan fingerprint density at radius 1 is 1.20 bits per heavy atom. The highest BCUT2D eigenvalue weighted by molar-refractivity contribution is 9.09. The van der Waals surface area contributed by atoms with Gasteiger partial charge in [0.1, 0.15) is 5.75 Å². The summed E-state index contributed by atoms with van der Waals surface area (Å²) < 4.78 is 5.29. The van der Waals surface area contributed by atoms with Crippen molar-refractivity contribution in [1.29, 1.82) is 0 Å². The van der Waals surface area contributed by atoms with Crippen molar-refractivity contribution in [2.45, 2.75) is 19.3 Å². The van der Waals surface area contributed by atoms with E-state index in [0.29, 0.717) is 0 Å². The summed E-state index contributed by atoms with van der Waals surface area (Å²) in [5.41, 5.74) is 1.28. The summed E-state index contributed by atoms with van der Waals surface area (Å²) in [6, 6.07) is 8.19. The van der Waals surface area contributed by atoms with Gasteiger partial charge < -0.3 is 4.74 Å². The first-order chi connectivity index (χ1) is 7.38. The average molecular weight is 269 g/mol. The summed E-state index contributed by atoms with van der Waals surface area (Å²) in [4.78, 5) is 0. The molecule has 1 rings (SSSR count). The molecule has 0 atom stereocenters. The van der Waals surface area contributed by atoms with E-state index in [-0.39, 0.29) is 0 Å². The van der Waals surface area contributed by atoms with Crippen molar-refractivity contribution in [2.24, 2.45) is 0 Å². The zero-order chi connectivity index (χ0) is 10.9. The van der Waals surface area contributed by atoms with Crippen molar-refractivity contribution < 1.29 is 4.74 Å². The highest BCUT2D eigenvalue weighted by Crippen LogP contribution is 2.18. The molecule has 1 nitrogen and oxygen atoms in total. The lowest BCUT2D eigenvalue weighted by atomic mass is 10.1. The van der Waals surface area contributed by atoms with Crippen LogP contribution in [0.25, 0.3) is 0 Å². The fourth-order valence-electron chi connectivity index (χ4n) is 1.45. The van der Waals surface area contributed by atoms with Crippen LogP contribution in [-0.2, 0) is 6.42 Å². The molecule has 82 valence electrons. The minimum absolute atomic E-state index is 0.992. The van der Waals surface area contributed by atoms with Crippen molar-refractivity contribution in [2.75, 3.05) is 12.4 Å². The maximum atomic E-state index is 5.29. The first-order valence-electron chi connectivity index (χ1n) is 5.21. The Morgan fingerprint density at radius 3 is 2.67 bits per heavy atom. The van der Waals surface area contributed by atoms with Crippen LogP contribution >= 0.6 is 15.9 Å². The molecular weight excluding hydrogens is 252 g/mol. The third-order valence-corrected chi connectivity index (χ3v) is 2.67. The van der Waals surface area contributed by atoms with Crippen LogP contribution in [0.15, 0.2) is 36.4 Å². The van der Waals surface area contributed by atoms with Crippen molar-refractivity contribution in [3.05, 3.63) is 42.0 Å². The van der Waals surface area contributed by atoms with Gasteiger partial charge in [0, 0.05) is 5.33 Å².